The van der Waals surface area contributed by atoms with E-state index < -0.39 is 29.9 Å². The largest absolute Gasteiger partial charge is 0.462 e. The zero-order valence-electron chi connectivity index (χ0n) is 38.4. The van der Waals surface area contributed by atoms with E-state index in [0.717, 1.165) is 128 Å². The number of amides is 2. The monoisotopic (exact) mass is 867 g/mol. The molecule has 62 heavy (non-hydrogen) atoms. The van der Waals surface area contributed by atoms with Crippen molar-refractivity contribution in [3.63, 3.8) is 0 Å². The van der Waals surface area contributed by atoms with Crippen molar-refractivity contribution < 1.29 is 42.9 Å². The van der Waals surface area contributed by atoms with Crippen molar-refractivity contribution in [3.05, 3.63) is 46.5 Å². The Morgan fingerprint density at radius 3 is 0.887 bits per heavy atom. The number of carbonyl (C=O) groups excluding carboxylic acids is 5. The fourth-order valence-corrected chi connectivity index (χ4v) is 6.91. The standard InChI is InChI=1S/C49H78N4O9/c1-5-9-13-17-21-25-29-59-45(54)37-33-39(47(56)61-31-27-23-19-15-11-7-3)43(35-41(37)50)52-49(58)53-44-36-42(51)38(46(55)60-30-26-22-18-14-10-6-2)34-40(44)48(57)62-32-28-24-20-16-12-8-4/h33-36H,5-32,50-51H2,1-4H3,(H2,52,53,58). The first kappa shape index (κ1) is 53.3. The number of hydrogen-bond donors (Lipinski definition) is 4. The Kier molecular flexibility index (Phi) is 28.2. The number of nitrogens with two attached hydrogens (primary N) is 2. The summed E-state index contributed by atoms with van der Waals surface area (Å²) in [5.74, 6) is -2.90. The van der Waals surface area contributed by atoms with Gasteiger partial charge in [-0.05, 0) is 49.9 Å². The molecule has 0 saturated carbocycles. The number of unbranched alkanes of at least 4 members (excludes halogenated alkanes) is 20. The van der Waals surface area contributed by atoms with Crippen LogP contribution in [0, 0.1) is 0 Å². The quantitative estimate of drug-likeness (QED) is 0.0226. The molecule has 0 atom stereocenters. The minimum Gasteiger partial charge on any atom is -0.462 e. The molecule has 2 rings (SSSR count). The summed E-state index contributed by atoms with van der Waals surface area (Å²) in [7, 11) is 0. The zero-order chi connectivity index (χ0) is 45.4. The molecule has 2 aromatic rings. The summed E-state index contributed by atoms with van der Waals surface area (Å²) in [4.78, 5) is 67.2. The van der Waals surface area contributed by atoms with Gasteiger partial charge in [0.2, 0.25) is 0 Å². The molecule has 0 aliphatic carbocycles. The van der Waals surface area contributed by atoms with Crippen LogP contribution in [0.3, 0.4) is 0 Å². The molecule has 6 N–H and O–H groups in total. The molecule has 0 radical (unpaired) electrons. The van der Waals surface area contributed by atoms with Gasteiger partial charge in [0, 0.05) is 11.4 Å². The maximum atomic E-state index is 13.7. The summed E-state index contributed by atoms with van der Waals surface area (Å²) < 4.78 is 22.2. The van der Waals surface area contributed by atoms with Crippen LogP contribution < -0.4 is 22.1 Å². The van der Waals surface area contributed by atoms with Gasteiger partial charge in [-0.3, -0.25) is 0 Å². The van der Waals surface area contributed by atoms with Gasteiger partial charge >= 0.3 is 29.9 Å². The van der Waals surface area contributed by atoms with E-state index in [-0.39, 0.29) is 71.4 Å². The van der Waals surface area contributed by atoms with Crippen molar-refractivity contribution in [1.29, 1.82) is 0 Å². The molecular weight excluding hydrogens is 789 g/mol. The Hall–Kier alpha value is -4.81. The maximum absolute atomic E-state index is 13.7. The molecule has 0 aliphatic rings. The van der Waals surface area contributed by atoms with Crippen molar-refractivity contribution in [3.8, 4) is 0 Å². The molecule has 0 heterocycles. The van der Waals surface area contributed by atoms with Crippen molar-refractivity contribution in [2.45, 2.75) is 182 Å². The van der Waals surface area contributed by atoms with E-state index in [0.29, 0.717) is 25.7 Å². The molecule has 2 aromatic carbocycles. The second-order valence-electron chi connectivity index (χ2n) is 16.2. The van der Waals surface area contributed by atoms with E-state index in [9.17, 15) is 24.0 Å². The summed E-state index contributed by atoms with van der Waals surface area (Å²) in [5, 5.41) is 5.27. The average Bonchev–Trinajstić information content (AvgIpc) is 3.24. The lowest BCUT2D eigenvalue weighted by Gasteiger charge is -2.17. The molecule has 0 fully saturated rings. The fourth-order valence-electron chi connectivity index (χ4n) is 6.91. The summed E-state index contributed by atoms with van der Waals surface area (Å²) in [6.45, 7) is 9.29. The van der Waals surface area contributed by atoms with Gasteiger partial charge in [0.05, 0.1) is 60.1 Å². The Bertz CT molecular complexity index is 1530. The van der Waals surface area contributed by atoms with Crippen LogP contribution in [0.15, 0.2) is 24.3 Å². The number of esters is 4. The summed E-state index contributed by atoms with van der Waals surface area (Å²) in [6, 6.07) is 4.28. The van der Waals surface area contributed by atoms with Crippen LogP contribution in [-0.4, -0.2) is 56.3 Å². The molecule has 13 heteroatoms. The summed E-state index contributed by atoms with van der Waals surface area (Å²) in [6.07, 6.45) is 24.1. The topological polar surface area (TPSA) is 198 Å². The first-order valence-electron chi connectivity index (χ1n) is 23.7. The Balaban J connectivity index is 2.33. The Morgan fingerprint density at radius 1 is 0.371 bits per heavy atom. The maximum Gasteiger partial charge on any atom is 0.340 e. The Labute approximate surface area is 371 Å². The lowest BCUT2D eigenvalue weighted by atomic mass is 10.1. The number of urea groups is 1. The van der Waals surface area contributed by atoms with E-state index in [2.05, 4.69) is 38.3 Å². The average molecular weight is 867 g/mol. The first-order valence-corrected chi connectivity index (χ1v) is 23.7. The minimum atomic E-state index is -0.865. The summed E-state index contributed by atoms with van der Waals surface area (Å²) in [5.41, 5.74) is 12.3. The molecule has 0 aromatic heterocycles. The van der Waals surface area contributed by atoms with Gasteiger partial charge in [0.1, 0.15) is 0 Å². The van der Waals surface area contributed by atoms with E-state index in [1.165, 1.54) is 24.3 Å². The SMILES string of the molecule is CCCCCCCCOC(=O)c1cc(C(=O)OCCCCCCCC)c(NC(=O)Nc2cc(N)c(C(=O)OCCCCCCCC)cc2C(=O)OCCCCCCCC)cc1N. The van der Waals surface area contributed by atoms with Crippen LogP contribution in [0.5, 0.6) is 0 Å². The molecule has 2 amide bonds. The highest BCUT2D eigenvalue weighted by molar-refractivity contribution is 6.11. The summed E-state index contributed by atoms with van der Waals surface area (Å²) >= 11 is 0. The molecule has 13 nitrogen and oxygen atoms in total. The second-order valence-corrected chi connectivity index (χ2v) is 16.2. The lowest BCUT2D eigenvalue weighted by Crippen LogP contribution is -2.24. The van der Waals surface area contributed by atoms with Gasteiger partial charge in [-0.15, -0.1) is 0 Å². The second kappa shape index (κ2) is 32.8. The van der Waals surface area contributed by atoms with E-state index in [4.69, 9.17) is 30.4 Å². The van der Waals surface area contributed by atoms with Crippen molar-refractivity contribution in [2.24, 2.45) is 0 Å². The predicted molar refractivity (Wildman–Crippen MR) is 249 cm³/mol. The molecule has 0 unspecified atom stereocenters. The third-order valence-electron chi connectivity index (χ3n) is 10.7. The normalized spacial score (nSPS) is 10.9. The smallest absolute Gasteiger partial charge is 0.340 e. The van der Waals surface area contributed by atoms with Gasteiger partial charge in [-0.2, -0.15) is 0 Å². The molecule has 0 spiro atoms. The third-order valence-corrected chi connectivity index (χ3v) is 10.7. The number of nitrogens with one attached hydrogen (secondary N) is 2. The third kappa shape index (κ3) is 21.3. The number of benzene rings is 2. The van der Waals surface area contributed by atoms with Crippen molar-refractivity contribution in [1.82, 2.24) is 0 Å². The predicted octanol–water partition coefficient (Wildman–Crippen LogP) is 12.6. The molecule has 348 valence electrons. The van der Waals surface area contributed by atoms with Gasteiger partial charge in [-0.1, -0.05) is 156 Å². The molecule has 0 saturated heterocycles. The number of hydrogen-bond acceptors (Lipinski definition) is 11. The number of nitrogen functional groups attached to an aromatic ring is 2. The van der Waals surface area contributed by atoms with Crippen LogP contribution in [0.1, 0.15) is 223 Å². The number of rotatable bonds is 34. The molecular formula is C49H78N4O9. The van der Waals surface area contributed by atoms with Crippen LogP contribution in [0.25, 0.3) is 0 Å². The number of ether oxygens (including phenoxy) is 4. The Morgan fingerprint density at radius 2 is 0.613 bits per heavy atom. The van der Waals surface area contributed by atoms with E-state index in [1.807, 2.05) is 0 Å². The van der Waals surface area contributed by atoms with Gasteiger partial charge < -0.3 is 41.0 Å². The number of anilines is 4. The van der Waals surface area contributed by atoms with Crippen LogP contribution >= 0.6 is 0 Å². The van der Waals surface area contributed by atoms with Crippen LogP contribution in [-0.2, 0) is 18.9 Å². The highest BCUT2D eigenvalue weighted by atomic mass is 16.5. The van der Waals surface area contributed by atoms with Gasteiger partial charge in [0.25, 0.3) is 0 Å². The number of carbonyl (C=O) groups is 5. The van der Waals surface area contributed by atoms with E-state index in [1.54, 1.807) is 0 Å². The van der Waals surface area contributed by atoms with Crippen molar-refractivity contribution in [2.75, 3.05) is 48.5 Å². The highest BCUT2D eigenvalue weighted by Crippen LogP contribution is 2.29. The minimum absolute atomic E-state index is 0.0206. The lowest BCUT2D eigenvalue weighted by molar-refractivity contribution is 0.0479. The van der Waals surface area contributed by atoms with Crippen LogP contribution in [0.2, 0.25) is 0 Å². The fraction of sp³-hybridized carbons (Fsp3) is 0.653. The highest BCUT2D eigenvalue weighted by Gasteiger charge is 2.25. The first-order chi connectivity index (χ1) is 30.1. The zero-order valence-corrected chi connectivity index (χ0v) is 38.4. The van der Waals surface area contributed by atoms with Crippen LogP contribution in [0.4, 0.5) is 27.5 Å². The van der Waals surface area contributed by atoms with Gasteiger partial charge in [0.15, 0.2) is 0 Å². The van der Waals surface area contributed by atoms with Gasteiger partial charge in [-0.25, -0.2) is 24.0 Å². The molecule has 0 bridgehead atoms. The molecule has 0 aliphatic heterocycles. The van der Waals surface area contributed by atoms with Crippen molar-refractivity contribution >= 4 is 52.7 Å². The van der Waals surface area contributed by atoms with E-state index >= 15 is 0 Å².